The van der Waals surface area contributed by atoms with Gasteiger partial charge in [0.1, 0.15) is 12.4 Å². The molecule has 1 aliphatic rings. The number of hydrogen-bond donors (Lipinski definition) is 0. The van der Waals surface area contributed by atoms with Crippen LogP contribution in [0.2, 0.25) is 0 Å². The molecule has 110 valence electrons. The van der Waals surface area contributed by atoms with Gasteiger partial charge in [-0.3, -0.25) is 10.1 Å². The molecule has 1 aliphatic carbocycles. The molecule has 0 aliphatic heterocycles. The summed E-state index contributed by atoms with van der Waals surface area (Å²) >= 11 is 0. The molecule has 0 spiro atoms. The van der Waals surface area contributed by atoms with Crippen molar-refractivity contribution in [2.75, 3.05) is 0 Å². The smallest absolute Gasteiger partial charge is 0.295 e. The van der Waals surface area contributed by atoms with Gasteiger partial charge in [-0.2, -0.15) is 0 Å². The molecule has 6 heteroatoms. The lowest BCUT2D eigenvalue weighted by Crippen LogP contribution is -2.23. The van der Waals surface area contributed by atoms with E-state index in [1.807, 2.05) is 0 Å². The molecule has 21 heavy (non-hydrogen) atoms. The van der Waals surface area contributed by atoms with Crippen molar-refractivity contribution in [1.82, 2.24) is 9.97 Å². The maximum atomic E-state index is 11.1. The van der Waals surface area contributed by atoms with E-state index in [1.165, 1.54) is 12.4 Å². The monoisotopic (exact) mass is 287 g/mol. The Morgan fingerprint density at radius 2 is 2.00 bits per heavy atom. The van der Waals surface area contributed by atoms with E-state index in [0.29, 0.717) is 16.8 Å². The van der Waals surface area contributed by atoms with E-state index in [4.69, 9.17) is 4.74 Å². The second-order valence-electron chi connectivity index (χ2n) is 5.61. The lowest BCUT2D eigenvalue weighted by atomic mass is 9.89. The van der Waals surface area contributed by atoms with Gasteiger partial charge in [-0.15, -0.1) is 0 Å². The lowest BCUT2D eigenvalue weighted by Gasteiger charge is -2.26. The summed E-state index contributed by atoms with van der Waals surface area (Å²) in [7, 11) is 0. The maximum Gasteiger partial charge on any atom is 0.295 e. The van der Waals surface area contributed by atoms with Gasteiger partial charge in [0, 0.05) is 6.07 Å². The standard InChI is InChI=1S/C15H17N3O3/c1-10-5-7-11(8-6-10)21-15-12-3-2-4-13(18(19)20)14(12)16-9-17-15/h2-4,9-11H,5-8H2,1H3. The summed E-state index contributed by atoms with van der Waals surface area (Å²) in [6, 6.07) is 4.85. The van der Waals surface area contributed by atoms with Crippen molar-refractivity contribution in [3.8, 4) is 5.88 Å². The molecule has 1 aromatic carbocycles. The average Bonchev–Trinajstić information content (AvgIpc) is 2.49. The molecule has 1 fully saturated rings. The zero-order valence-corrected chi connectivity index (χ0v) is 11.9. The second-order valence-corrected chi connectivity index (χ2v) is 5.61. The first-order valence-electron chi connectivity index (χ1n) is 7.20. The molecule has 0 amide bonds. The average molecular weight is 287 g/mol. The second kappa shape index (κ2) is 5.63. The van der Waals surface area contributed by atoms with Crippen LogP contribution in [0, 0.1) is 16.0 Å². The Morgan fingerprint density at radius 1 is 1.24 bits per heavy atom. The highest BCUT2D eigenvalue weighted by molar-refractivity contribution is 5.90. The van der Waals surface area contributed by atoms with Crippen LogP contribution in [-0.2, 0) is 0 Å². The molecule has 1 saturated carbocycles. The summed E-state index contributed by atoms with van der Waals surface area (Å²) < 4.78 is 5.98. The summed E-state index contributed by atoms with van der Waals surface area (Å²) in [5.41, 5.74) is 0.314. The number of nitro benzene ring substituents is 1. The van der Waals surface area contributed by atoms with E-state index in [2.05, 4.69) is 16.9 Å². The van der Waals surface area contributed by atoms with Gasteiger partial charge in [-0.05, 0) is 37.7 Å². The third-order valence-corrected chi connectivity index (χ3v) is 4.04. The van der Waals surface area contributed by atoms with E-state index >= 15 is 0 Å². The zero-order chi connectivity index (χ0) is 14.8. The van der Waals surface area contributed by atoms with Crippen molar-refractivity contribution < 1.29 is 9.66 Å². The Kier molecular flexibility index (Phi) is 3.68. The number of hydrogen-bond acceptors (Lipinski definition) is 5. The Labute approximate surface area is 122 Å². The maximum absolute atomic E-state index is 11.1. The third-order valence-electron chi connectivity index (χ3n) is 4.04. The van der Waals surface area contributed by atoms with Gasteiger partial charge in [0.25, 0.3) is 5.69 Å². The number of nitro groups is 1. The van der Waals surface area contributed by atoms with E-state index < -0.39 is 4.92 Å². The number of rotatable bonds is 3. The Balaban J connectivity index is 1.92. The first-order chi connectivity index (χ1) is 10.1. The van der Waals surface area contributed by atoms with E-state index in [9.17, 15) is 10.1 Å². The predicted molar refractivity (Wildman–Crippen MR) is 78.2 cm³/mol. The molecule has 0 N–H and O–H groups in total. The summed E-state index contributed by atoms with van der Waals surface area (Å²) in [6.07, 6.45) is 5.76. The molecule has 1 aromatic heterocycles. The molecule has 0 radical (unpaired) electrons. The first kappa shape index (κ1) is 13.7. The third kappa shape index (κ3) is 2.79. The van der Waals surface area contributed by atoms with Crippen molar-refractivity contribution in [2.24, 2.45) is 5.92 Å². The molecular formula is C15H17N3O3. The molecule has 0 unspecified atom stereocenters. The summed E-state index contributed by atoms with van der Waals surface area (Å²) in [5, 5.41) is 11.7. The Hall–Kier alpha value is -2.24. The van der Waals surface area contributed by atoms with E-state index in [1.54, 1.807) is 12.1 Å². The van der Waals surface area contributed by atoms with Gasteiger partial charge in [-0.1, -0.05) is 13.0 Å². The largest absolute Gasteiger partial charge is 0.474 e. The van der Waals surface area contributed by atoms with Gasteiger partial charge in [-0.25, -0.2) is 9.97 Å². The van der Waals surface area contributed by atoms with Crippen molar-refractivity contribution in [3.05, 3.63) is 34.6 Å². The fourth-order valence-electron chi connectivity index (χ4n) is 2.79. The minimum absolute atomic E-state index is 0.0167. The van der Waals surface area contributed by atoms with Crippen molar-refractivity contribution in [2.45, 2.75) is 38.7 Å². The number of benzene rings is 1. The number of ether oxygens (including phenoxy) is 1. The number of para-hydroxylation sites is 1. The molecular weight excluding hydrogens is 270 g/mol. The molecule has 3 rings (SSSR count). The van der Waals surface area contributed by atoms with Gasteiger partial charge >= 0.3 is 0 Å². The topological polar surface area (TPSA) is 78.2 Å². The molecule has 0 atom stereocenters. The Bertz CT molecular complexity index is 666. The van der Waals surface area contributed by atoms with E-state index in [0.717, 1.165) is 31.6 Å². The fraction of sp³-hybridized carbons (Fsp3) is 0.467. The van der Waals surface area contributed by atoms with Crippen LogP contribution < -0.4 is 4.74 Å². The van der Waals surface area contributed by atoms with Crippen molar-refractivity contribution in [3.63, 3.8) is 0 Å². The van der Waals surface area contributed by atoms with E-state index in [-0.39, 0.29) is 11.8 Å². The number of aromatic nitrogens is 2. The minimum Gasteiger partial charge on any atom is -0.474 e. The summed E-state index contributed by atoms with van der Waals surface area (Å²) in [6.45, 7) is 2.25. The number of nitrogens with zero attached hydrogens (tertiary/aromatic N) is 3. The molecule has 6 nitrogen and oxygen atoms in total. The highest BCUT2D eigenvalue weighted by Crippen LogP contribution is 2.31. The summed E-state index contributed by atoms with van der Waals surface area (Å²) in [4.78, 5) is 18.8. The van der Waals surface area contributed by atoms with Crippen LogP contribution in [0.4, 0.5) is 5.69 Å². The lowest BCUT2D eigenvalue weighted by molar-refractivity contribution is -0.383. The number of non-ortho nitro benzene ring substituents is 1. The van der Waals surface area contributed by atoms with Crippen LogP contribution >= 0.6 is 0 Å². The quantitative estimate of drug-likeness (QED) is 0.637. The van der Waals surface area contributed by atoms with Gasteiger partial charge in [0.05, 0.1) is 10.3 Å². The Morgan fingerprint density at radius 3 is 2.71 bits per heavy atom. The highest BCUT2D eigenvalue weighted by Gasteiger charge is 2.22. The SMILES string of the molecule is CC1CCC(Oc2ncnc3c([N+](=O)[O-])cccc23)CC1. The molecule has 1 heterocycles. The predicted octanol–water partition coefficient (Wildman–Crippen LogP) is 3.50. The van der Waals surface area contributed by atoms with Crippen LogP contribution in [0.3, 0.4) is 0 Å². The van der Waals surface area contributed by atoms with Crippen molar-refractivity contribution in [1.29, 1.82) is 0 Å². The molecule has 0 bridgehead atoms. The van der Waals surface area contributed by atoms with Crippen LogP contribution in [0.25, 0.3) is 10.9 Å². The van der Waals surface area contributed by atoms with Crippen LogP contribution in [0.1, 0.15) is 32.6 Å². The van der Waals surface area contributed by atoms with Crippen LogP contribution in [-0.4, -0.2) is 21.0 Å². The van der Waals surface area contributed by atoms with Gasteiger partial charge in [0.2, 0.25) is 5.88 Å². The molecule has 2 aromatic rings. The zero-order valence-electron chi connectivity index (χ0n) is 11.9. The number of fused-ring (bicyclic) bond motifs is 1. The minimum atomic E-state index is -0.429. The first-order valence-corrected chi connectivity index (χ1v) is 7.20. The van der Waals surface area contributed by atoms with Crippen LogP contribution in [0.5, 0.6) is 5.88 Å². The highest BCUT2D eigenvalue weighted by atomic mass is 16.6. The van der Waals surface area contributed by atoms with Gasteiger partial charge < -0.3 is 4.74 Å². The normalized spacial score (nSPS) is 22.1. The molecule has 0 saturated heterocycles. The van der Waals surface area contributed by atoms with Crippen molar-refractivity contribution >= 4 is 16.6 Å². The van der Waals surface area contributed by atoms with Gasteiger partial charge in [0.15, 0.2) is 5.52 Å². The van der Waals surface area contributed by atoms with Crippen LogP contribution in [0.15, 0.2) is 24.5 Å². The summed E-state index contributed by atoms with van der Waals surface area (Å²) in [5.74, 6) is 1.19. The fourth-order valence-corrected chi connectivity index (χ4v) is 2.79.